The van der Waals surface area contributed by atoms with Crippen LogP contribution in [0, 0.1) is 17.8 Å². The van der Waals surface area contributed by atoms with E-state index in [1.54, 1.807) is 21.6 Å². The Kier molecular flexibility index (Phi) is 24.9. The van der Waals surface area contributed by atoms with Crippen LogP contribution in [0.2, 0.25) is 0 Å². The quantitative estimate of drug-likeness (QED) is 0.0595. The molecular formula is C32H53N3O7S2. The summed E-state index contributed by atoms with van der Waals surface area (Å²) in [7, 11) is 3.27. The zero-order chi connectivity index (χ0) is 32.3. The van der Waals surface area contributed by atoms with Crippen LogP contribution in [0.1, 0.15) is 53.0 Å². The number of alkyl carbamates (subject to hydrolysis) is 1. The lowest BCUT2D eigenvalue weighted by Gasteiger charge is -2.12. The Morgan fingerprint density at radius 1 is 0.795 bits per heavy atom. The Morgan fingerprint density at radius 3 is 2.09 bits per heavy atom. The summed E-state index contributed by atoms with van der Waals surface area (Å²) in [5, 5.41) is 8.79. The van der Waals surface area contributed by atoms with Crippen molar-refractivity contribution in [2.75, 3.05) is 72.5 Å². The molecule has 0 aromatic heterocycles. The Balaban J connectivity index is 2.00. The fraction of sp³-hybridized carbons (Fsp3) is 0.688. The zero-order valence-electron chi connectivity index (χ0n) is 27.1. The van der Waals surface area contributed by atoms with E-state index in [0.717, 1.165) is 29.8 Å². The summed E-state index contributed by atoms with van der Waals surface area (Å²) in [4.78, 5) is 24.9. The van der Waals surface area contributed by atoms with Crippen LogP contribution < -0.4 is 16.0 Å². The molecule has 0 heterocycles. The molecule has 0 aliphatic heterocycles. The molecule has 0 aliphatic carbocycles. The van der Waals surface area contributed by atoms with Gasteiger partial charge in [-0.15, -0.1) is 0 Å². The van der Waals surface area contributed by atoms with E-state index in [-0.39, 0.29) is 17.3 Å². The highest BCUT2D eigenvalue weighted by molar-refractivity contribution is 8.76. The summed E-state index contributed by atoms with van der Waals surface area (Å²) < 4.78 is 27.4. The minimum absolute atomic E-state index is 0.0131. The minimum atomic E-state index is -0.443. The van der Waals surface area contributed by atoms with Crippen LogP contribution in [-0.2, 0) is 34.9 Å². The molecule has 1 aromatic carbocycles. The summed E-state index contributed by atoms with van der Waals surface area (Å²) in [6.45, 7) is 16.0. The van der Waals surface area contributed by atoms with Gasteiger partial charge in [-0.2, -0.15) is 0 Å². The van der Waals surface area contributed by atoms with E-state index in [4.69, 9.17) is 23.7 Å². The molecule has 2 amide bonds. The summed E-state index contributed by atoms with van der Waals surface area (Å²) in [5.41, 5.74) is 0.969. The van der Waals surface area contributed by atoms with Gasteiger partial charge in [0.15, 0.2) is 0 Å². The van der Waals surface area contributed by atoms with E-state index in [9.17, 15) is 9.59 Å². The second kappa shape index (κ2) is 27.3. The van der Waals surface area contributed by atoms with Crippen molar-refractivity contribution in [3.63, 3.8) is 0 Å². The van der Waals surface area contributed by atoms with Crippen LogP contribution in [0.3, 0.4) is 0 Å². The number of rotatable bonds is 25. The largest absolute Gasteiger partial charge is 0.450 e. The molecule has 0 saturated carbocycles. The van der Waals surface area contributed by atoms with Crippen LogP contribution in [0.5, 0.6) is 0 Å². The van der Waals surface area contributed by atoms with Crippen LogP contribution in [0.25, 0.3) is 0 Å². The SMILES string of the molecule is CC(C)C#CCNC(=O)OCCCCOC(C)SSc1ccc(CC(=O)NCCOCCOCCOCCNC(C)C)cc1. The van der Waals surface area contributed by atoms with Crippen molar-refractivity contribution >= 4 is 33.6 Å². The van der Waals surface area contributed by atoms with Crippen LogP contribution in [0.4, 0.5) is 4.79 Å². The van der Waals surface area contributed by atoms with Gasteiger partial charge < -0.3 is 39.6 Å². The van der Waals surface area contributed by atoms with Crippen molar-refractivity contribution in [2.45, 2.75) is 70.3 Å². The first-order chi connectivity index (χ1) is 21.3. The number of amides is 2. The third-order valence-corrected chi connectivity index (χ3v) is 8.16. The Bertz CT molecular complexity index is 940. The molecule has 0 spiro atoms. The smallest absolute Gasteiger partial charge is 0.407 e. The number of unbranched alkanes of at least 4 members (excludes halogenated alkanes) is 1. The van der Waals surface area contributed by atoms with Gasteiger partial charge in [0, 0.05) is 36.6 Å². The van der Waals surface area contributed by atoms with Crippen molar-refractivity contribution in [2.24, 2.45) is 5.92 Å². The maximum atomic E-state index is 12.2. The van der Waals surface area contributed by atoms with Crippen LogP contribution in [-0.4, -0.2) is 96.0 Å². The van der Waals surface area contributed by atoms with E-state index >= 15 is 0 Å². The van der Waals surface area contributed by atoms with Gasteiger partial charge in [-0.1, -0.05) is 73.3 Å². The second-order valence-electron chi connectivity index (χ2n) is 10.4. The number of hydrogen-bond acceptors (Lipinski definition) is 10. The lowest BCUT2D eigenvalue weighted by molar-refractivity contribution is -0.120. The number of benzene rings is 1. The van der Waals surface area contributed by atoms with E-state index in [2.05, 4.69) is 41.6 Å². The molecule has 0 radical (unpaired) electrons. The highest BCUT2D eigenvalue weighted by Crippen LogP contribution is 2.35. The van der Waals surface area contributed by atoms with Crippen LogP contribution in [0.15, 0.2) is 29.2 Å². The molecule has 0 aliphatic rings. The molecular weight excluding hydrogens is 603 g/mol. The topological polar surface area (TPSA) is 116 Å². The van der Waals surface area contributed by atoms with E-state index in [1.807, 2.05) is 45.0 Å². The maximum Gasteiger partial charge on any atom is 0.407 e. The minimum Gasteiger partial charge on any atom is -0.450 e. The van der Waals surface area contributed by atoms with E-state index in [0.29, 0.717) is 78.4 Å². The van der Waals surface area contributed by atoms with Gasteiger partial charge in [-0.3, -0.25) is 4.79 Å². The van der Waals surface area contributed by atoms with Crippen molar-refractivity contribution < 1.29 is 33.3 Å². The average molecular weight is 656 g/mol. The Hall–Kier alpha value is -1.98. The average Bonchev–Trinajstić information content (AvgIpc) is 2.98. The molecule has 1 aromatic rings. The standard InChI is InChI=1S/C32H53N3O7S2/c1-26(2)9-8-14-35-32(37)42-18-7-6-17-41-28(5)43-44-30-12-10-29(11-13-30)25-31(36)34-16-20-39-22-24-40-23-21-38-19-15-33-27(3)4/h10-13,26-28,33H,6-7,14-25H2,1-5H3,(H,34,36)(H,35,37). The molecule has 1 atom stereocenters. The van der Waals surface area contributed by atoms with Gasteiger partial charge in [0.1, 0.15) is 5.44 Å². The maximum absolute atomic E-state index is 12.2. The van der Waals surface area contributed by atoms with Gasteiger partial charge in [0.05, 0.1) is 59.2 Å². The molecule has 1 rings (SSSR count). The molecule has 3 N–H and O–H groups in total. The summed E-state index contributed by atoms with van der Waals surface area (Å²) in [5.74, 6) is 6.11. The van der Waals surface area contributed by atoms with Crippen molar-refractivity contribution in [1.29, 1.82) is 0 Å². The van der Waals surface area contributed by atoms with Crippen molar-refractivity contribution in [1.82, 2.24) is 16.0 Å². The Labute approximate surface area is 272 Å². The molecule has 1 unspecified atom stereocenters. The molecule has 10 nitrogen and oxygen atoms in total. The zero-order valence-corrected chi connectivity index (χ0v) is 28.7. The van der Waals surface area contributed by atoms with Gasteiger partial charge in [-0.25, -0.2) is 4.79 Å². The van der Waals surface area contributed by atoms with Gasteiger partial charge in [0.25, 0.3) is 0 Å². The predicted octanol–water partition coefficient (Wildman–Crippen LogP) is 4.66. The number of carbonyl (C=O) groups is 2. The first-order valence-corrected chi connectivity index (χ1v) is 17.6. The molecule has 0 saturated heterocycles. The second-order valence-corrected chi connectivity index (χ2v) is 13.0. The molecule has 0 bridgehead atoms. The van der Waals surface area contributed by atoms with Crippen molar-refractivity contribution in [3.05, 3.63) is 29.8 Å². The summed E-state index contributed by atoms with van der Waals surface area (Å²) in [6, 6.07) is 8.44. The highest BCUT2D eigenvalue weighted by atomic mass is 33.1. The summed E-state index contributed by atoms with van der Waals surface area (Å²) >= 11 is 0. The van der Waals surface area contributed by atoms with Gasteiger partial charge in [0.2, 0.25) is 5.91 Å². The highest BCUT2D eigenvalue weighted by Gasteiger charge is 2.07. The normalized spacial score (nSPS) is 11.7. The van der Waals surface area contributed by atoms with Crippen LogP contribution >= 0.6 is 21.6 Å². The molecule has 12 heteroatoms. The molecule has 0 fully saturated rings. The first kappa shape index (κ1) is 40.0. The molecule has 250 valence electrons. The number of hydrogen-bond donors (Lipinski definition) is 3. The molecule has 44 heavy (non-hydrogen) atoms. The number of nitrogens with one attached hydrogen (secondary N) is 3. The van der Waals surface area contributed by atoms with Gasteiger partial charge >= 0.3 is 6.09 Å². The number of carbonyl (C=O) groups excluding carboxylic acids is 2. The van der Waals surface area contributed by atoms with Gasteiger partial charge in [-0.05, 0) is 37.5 Å². The van der Waals surface area contributed by atoms with E-state index in [1.165, 1.54) is 0 Å². The monoisotopic (exact) mass is 655 g/mol. The third kappa shape index (κ3) is 25.4. The van der Waals surface area contributed by atoms with E-state index < -0.39 is 6.09 Å². The first-order valence-electron chi connectivity index (χ1n) is 15.4. The fourth-order valence-corrected chi connectivity index (χ4v) is 5.21. The third-order valence-electron chi connectivity index (χ3n) is 5.52. The lowest BCUT2D eigenvalue weighted by Crippen LogP contribution is -2.29. The predicted molar refractivity (Wildman–Crippen MR) is 179 cm³/mol. The number of ether oxygens (including phenoxy) is 5. The Morgan fingerprint density at radius 2 is 1.43 bits per heavy atom. The summed E-state index contributed by atoms with van der Waals surface area (Å²) in [6.07, 6.45) is 1.42. The fourth-order valence-electron chi connectivity index (χ4n) is 3.33. The lowest BCUT2D eigenvalue weighted by atomic mass is 10.1. The van der Waals surface area contributed by atoms with Crippen molar-refractivity contribution in [3.8, 4) is 11.8 Å².